The van der Waals surface area contributed by atoms with Gasteiger partial charge in [-0.15, -0.1) is 0 Å². The van der Waals surface area contributed by atoms with Crippen LogP contribution in [0, 0.1) is 0 Å². The molecule has 0 fully saturated rings. The van der Waals surface area contributed by atoms with Crippen LogP contribution < -0.4 is 10.5 Å². The molecule has 0 radical (unpaired) electrons. The first-order valence-electron chi connectivity index (χ1n) is 6.40. The number of carbonyl (C=O) groups is 1. The van der Waals surface area contributed by atoms with Gasteiger partial charge in [-0.3, -0.25) is 0 Å². The Bertz CT molecular complexity index is 570. The summed E-state index contributed by atoms with van der Waals surface area (Å²) in [5.41, 5.74) is 5.94. The SMILES string of the molecule is CCCCCNS(=O)(=O)c1ccc(C(=O)OC)cc1N. The molecule has 0 unspecified atom stereocenters. The molecule has 0 amide bonds. The predicted molar refractivity (Wildman–Crippen MR) is 76.9 cm³/mol. The molecule has 0 bridgehead atoms. The van der Waals surface area contributed by atoms with Gasteiger partial charge in [-0.05, 0) is 24.6 Å². The Labute approximate surface area is 119 Å². The summed E-state index contributed by atoms with van der Waals surface area (Å²) in [7, 11) is -2.40. The quantitative estimate of drug-likeness (QED) is 0.452. The molecule has 0 aromatic heterocycles. The van der Waals surface area contributed by atoms with Crippen molar-refractivity contribution >= 4 is 21.7 Å². The molecular weight excluding hydrogens is 280 g/mol. The molecule has 3 N–H and O–H groups in total. The lowest BCUT2D eigenvalue weighted by molar-refractivity contribution is 0.0600. The van der Waals surface area contributed by atoms with E-state index < -0.39 is 16.0 Å². The second kappa shape index (κ2) is 7.25. The van der Waals surface area contributed by atoms with Gasteiger partial charge in [0.05, 0.1) is 18.4 Å². The molecule has 112 valence electrons. The zero-order valence-electron chi connectivity index (χ0n) is 11.7. The minimum absolute atomic E-state index is 0.0240. The molecule has 0 saturated carbocycles. The molecule has 1 aromatic rings. The second-order valence-corrected chi connectivity index (χ2v) is 6.08. The minimum atomic E-state index is -3.65. The second-order valence-electron chi connectivity index (χ2n) is 4.35. The van der Waals surface area contributed by atoms with Crippen LogP contribution in [0.3, 0.4) is 0 Å². The van der Waals surface area contributed by atoms with Crippen LogP contribution in [0.2, 0.25) is 0 Å². The van der Waals surface area contributed by atoms with Crippen molar-refractivity contribution in [1.29, 1.82) is 0 Å². The molecule has 1 aromatic carbocycles. The summed E-state index contributed by atoms with van der Waals surface area (Å²) in [4.78, 5) is 11.3. The number of unbranched alkanes of at least 4 members (excludes halogenated alkanes) is 2. The number of methoxy groups -OCH3 is 1. The number of nitrogen functional groups attached to an aromatic ring is 1. The third-order valence-electron chi connectivity index (χ3n) is 2.79. The smallest absolute Gasteiger partial charge is 0.337 e. The Hall–Kier alpha value is -1.60. The topological polar surface area (TPSA) is 98.5 Å². The molecule has 0 heterocycles. The van der Waals surface area contributed by atoms with E-state index in [4.69, 9.17) is 5.73 Å². The molecule has 1 rings (SSSR count). The highest BCUT2D eigenvalue weighted by Crippen LogP contribution is 2.20. The summed E-state index contributed by atoms with van der Waals surface area (Å²) in [6.07, 6.45) is 2.74. The van der Waals surface area contributed by atoms with Gasteiger partial charge in [0.2, 0.25) is 10.0 Å². The van der Waals surface area contributed by atoms with Crippen molar-refractivity contribution in [2.24, 2.45) is 0 Å². The molecule has 0 aliphatic carbocycles. The number of ether oxygens (including phenoxy) is 1. The van der Waals surface area contributed by atoms with Crippen LogP contribution in [-0.4, -0.2) is 28.0 Å². The predicted octanol–water partition coefficient (Wildman–Crippen LogP) is 1.52. The first kappa shape index (κ1) is 16.5. The highest BCUT2D eigenvalue weighted by molar-refractivity contribution is 7.89. The minimum Gasteiger partial charge on any atom is -0.465 e. The highest BCUT2D eigenvalue weighted by Gasteiger charge is 2.18. The van der Waals surface area contributed by atoms with Gasteiger partial charge in [-0.2, -0.15) is 0 Å². The normalized spacial score (nSPS) is 11.3. The van der Waals surface area contributed by atoms with Crippen molar-refractivity contribution in [3.05, 3.63) is 23.8 Å². The van der Waals surface area contributed by atoms with Crippen molar-refractivity contribution < 1.29 is 17.9 Å². The number of esters is 1. The zero-order chi connectivity index (χ0) is 15.2. The Morgan fingerprint density at radius 1 is 1.35 bits per heavy atom. The third-order valence-corrected chi connectivity index (χ3v) is 4.33. The van der Waals surface area contributed by atoms with Crippen LogP contribution >= 0.6 is 0 Å². The molecule has 0 aliphatic heterocycles. The lowest BCUT2D eigenvalue weighted by Crippen LogP contribution is -2.25. The number of hydrogen-bond acceptors (Lipinski definition) is 5. The van der Waals surface area contributed by atoms with Gasteiger partial charge >= 0.3 is 5.97 Å². The number of sulfonamides is 1. The Kier molecular flexibility index (Phi) is 5.97. The van der Waals surface area contributed by atoms with Crippen LogP contribution in [0.4, 0.5) is 5.69 Å². The van der Waals surface area contributed by atoms with E-state index in [2.05, 4.69) is 9.46 Å². The average molecular weight is 300 g/mol. The van der Waals surface area contributed by atoms with Crippen LogP contribution in [-0.2, 0) is 14.8 Å². The van der Waals surface area contributed by atoms with Crippen LogP contribution in [0.25, 0.3) is 0 Å². The number of benzene rings is 1. The fraction of sp³-hybridized carbons (Fsp3) is 0.462. The lowest BCUT2D eigenvalue weighted by Gasteiger charge is -2.10. The van der Waals surface area contributed by atoms with Crippen molar-refractivity contribution in [2.75, 3.05) is 19.4 Å². The summed E-state index contributed by atoms with van der Waals surface area (Å²) < 4.78 is 31.2. The van der Waals surface area contributed by atoms with E-state index in [1.165, 1.54) is 25.3 Å². The maximum absolute atomic E-state index is 12.1. The number of rotatable bonds is 7. The van der Waals surface area contributed by atoms with Gasteiger partial charge in [0, 0.05) is 6.54 Å². The maximum Gasteiger partial charge on any atom is 0.337 e. The Balaban J connectivity index is 2.88. The van der Waals surface area contributed by atoms with Crippen molar-refractivity contribution in [2.45, 2.75) is 31.1 Å². The van der Waals surface area contributed by atoms with Crippen LogP contribution in [0.15, 0.2) is 23.1 Å². The van der Waals surface area contributed by atoms with E-state index >= 15 is 0 Å². The first-order chi connectivity index (χ1) is 9.42. The Morgan fingerprint density at radius 3 is 2.60 bits per heavy atom. The molecule has 0 atom stereocenters. The van der Waals surface area contributed by atoms with Gasteiger partial charge in [-0.1, -0.05) is 19.8 Å². The van der Waals surface area contributed by atoms with Crippen molar-refractivity contribution in [1.82, 2.24) is 4.72 Å². The molecule has 20 heavy (non-hydrogen) atoms. The third kappa shape index (κ3) is 4.21. The highest BCUT2D eigenvalue weighted by atomic mass is 32.2. The van der Waals surface area contributed by atoms with Gasteiger partial charge in [0.1, 0.15) is 4.90 Å². The van der Waals surface area contributed by atoms with E-state index in [-0.39, 0.29) is 16.1 Å². The van der Waals surface area contributed by atoms with Gasteiger partial charge in [-0.25, -0.2) is 17.9 Å². The van der Waals surface area contributed by atoms with E-state index in [9.17, 15) is 13.2 Å². The molecule has 0 saturated heterocycles. The molecule has 0 spiro atoms. The number of anilines is 1. The van der Waals surface area contributed by atoms with Crippen molar-refractivity contribution in [3.63, 3.8) is 0 Å². The summed E-state index contributed by atoms with van der Waals surface area (Å²) in [6.45, 7) is 2.41. The number of nitrogens with two attached hydrogens (primary N) is 1. The lowest BCUT2D eigenvalue weighted by atomic mass is 10.2. The van der Waals surface area contributed by atoms with Gasteiger partial charge in [0.25, 0.3) is 0 Å². The van der Waals surface area contributed by atoms with Gasteiger partial charge < -0.3 is 10.5 Å². The number of nitrogens with one attached hydrogen (secondary N) is 1. The molecular formula is C13H20N2O4S. The number of hydrogen-bond donors (Lipinski definition) is 2. The average Bonchev–Trinajstić information content (AvgIpc) is 2.42. The largest absolute Gasteiger partial charge is 0.465 e. The molecule has 0 aliphatic rings. The first-order valence-corrected chi connectivity index (χ1v) is 7.88. The fourth-order valence-corrected chi connectivity index (χ4v) is 2.88. The summed E-state index contributed by atoms with van der Waals surface area (Å²) >= 11 is 0. The van der Waals surface area contributed by atoms with Crippen LogP contribution in [0.5, 0.6) is 0 Å². The summed E-state index contributed by atoms with van der Waals surface area (Å²) in [5, 5.41) is 0. The van der Waals surface area contributed by atoms with Crippen LogP contribution in [0.1, 0.15) is 36.5 Å². The molecule has 7 heteroatoms. The Morgan fingerprint density at radius 2 is 2.05 bits per heavy atom. The van der Waals surface area contributed by atoms with Gasteiger partial charge in [0.15, 0.2) is 0 Å². The fourth-order valence-electron chi connectivity index (χ4n) is 1.70. The molecule has 6 nitrogen and oxygen atoms in total. The van der Waals surface area contributed by atoms with Crippen molar-refractivity contribution in [3.8, 4) is 0 Å². The van der Waals surface area contributed by atoms with E-state index in [0.717, 1.165) is 19.3 Å². The maximum atomic E-state index is 12.1. The number of carbonyl (C=O) groups excluding carboxylic acids is 1. The van der Waals surface area contributed by atoms with E-state index in [0.29, 0.717) is 6.54 Å². The standard InChI is InChI=1S/C13H20N2O4S/c1-3-4-5-8-15-20(17,18)12-7-6-10(9-11(12)14)13(16)19-2/h6-7,9,15H,3-5,8,14H2,1-2H3. The van der Waals surface area contributed by atoms with E-state index in [1.54, 1.807) is 0 Å². The summed E-state index contributed by atoms with van der Waals surface area (Å²) in [5.74, 6) is -0.559. The summed E-state index contributed by atoms with van der Waals surface area (Å²) in [6, 6.07) is 3.99. The van der Waals surface area contributed by atoms with E-state index in [1.807, 2.05) is 6.92 Å². The monoisotopic (exact) mass is 300 g/mol. The zero-order valence-corrected chi connectivity index (χ0v) is 12.5.